The average molecular weight is 462 g/mol. The minimum atomic E-state index is -0.678. The summed E-state index contributed by atoms with van der Waals surface area (Å²) in [5.41, 5.74) is 1.62. The lowest BCUT2D eigenvalue weighted by Crippen LogP contribution is -2.39. The minimum Gasteiger partial charge on any atom is -0.493 e. The SMILES string of the molecule is CNC(=O)C[C@H]1C(=O)N(c2ccc(Cl)cc2)C(=S)N1CCc1ccc(OC)c(OC)c1. The summed E-state index contributed by atoms with van der Waals surface area (Å²) in [7, 11) is 4.71. The van der Waals surface area contributed by atoms with Gasteiger partial charge in [0.2, 0.25) is 5.91 Å². The molecule has 9 heteroatoms. The molecule has 1 heterocycles. The zero-order valence-corrected chi connectivity index (χ0v) is 19.1. The maximum Gasteiger partial charge on any atom is 0.256 e. The molecule has 0 spiro atoms. The molecule has 0 radical (unpaired) electrons. The number of carbonyl (C=O) groups is 2. The minimum absolute atomic E-state index is 0.0193. The highest BCUT2D eigenvalue weighted by Crippen LogP contribution is 2.30. The molecule has 1 N–H and O–H groups in total. The van der Waals surface area contributed by atoms with E-state index in [2.05, 4.69) is 5.32 Å². The van der Waals surface area contributed by atoms with Crippen LogP contribution in [-0.4, -0.2) is 55.7 Å². The molecular weight excluding hydrogens is 438 g/mol. The van der Waals surface area contributed by atoms with Crippen LogP contribution in [0, 0.1) is 0 Å². The topological polar surface area (TPSA) is 71.1 Å². The Morgan fingerprint density at radius 3 is 2.42 bits per heavy atom. The van der Waals surface area contributed by atoms with Crippen molar-refractivity contribution in [2.24, 2.45) is 0 Å². The van der Waals surface area contributed by atoms with Crippen molar-refractivity contribution in [2.75, 3.05) is 32.7 Å². The van der Waals surface area contributed by atoms with Gasteiger partial charge in [0.1, 0.15) is 6.04 Å². The highest BCUT2D eigenvalue weighted by molar-refractivity contribution is 7.80. The monoisotopic (exact) mass is 461 g/mol. The van der Waals surface area contributed by atoms with Crippen LogP contribution in [0.4, 0.5) is 5.69 Å². The van der Waals surface area contributed by atoms with Crippen molar-refractivity contribution in [3.05, 3.63) is 53.1 Å². The van der Waals surface area contributed by atoms with Crippen molar-refractivity contribution in [1.29, 1.82) is 0 Å². The van der Waals surface area contributed by atoms with Gasteiger partial charge in [0.15, 0.2) is 16.6 Å². The van der Waals surface area contributed by atoms with Crippen LogP contribution in [0.3, 0.4) is 0 Å². The zero-order valence-electron chi connectivity index (χ0n) is 17.6. The van der Waals surface area contributed by atoms with Gasteiger partial charge in [-0.15, -0.1) is 0 Å². The smallest absolute Gasteiger partial charge is 0.256 e. The number of nitrogens with one attached hydrogen (secondary N) is 1. The molecule has 0 unspecified atom stereocenters. The summed E-state index contributed by atoms with van der Waals surface area (Å²) in [6.07, 6.45) is 0.623. The van der Waals surface area contributed by atoms with E-state index in [0.717, 1.165) is 5.56 Å². The molecular formula is C22H24ClN3O4S. The van der Waals surface area contributed by atoms with Gasteiger partial charge < -0.3 is 19.7 Å². The molecule has 2 aromatic rings. The molecule has 1 aliphatic rings. The molecule has 1 saturated heterocycles. The molecule has 1 aliphatic heterocycles. The van der Waals surface area contributed by atoms with Crippen molar-refractivity contribution < 1.29 is 19.1 Å². The number of carbonyl (C=O) groups excluding carboxylic acids is 2. The van der Waals surface area contributed by atoms with Crippen LogP contribution in [0.5, 0.6) is 11.5 Å². The summed E-state index contributed by atoms with van der Waals surface area (Å²) in [6, 6.07) is 11.9. The van der Waals surface area contributed by atoms with E-state index in [4.69, 9.17) is 33.3 Å². The number of anilines is 1. The highest BCUT2D eigenvalue weighted by atomic mass is 35.5. The van der Waals surface area contributed by atoms with Crippen LogP contribution in [-0.2, 0) is 16.0 Å². The van der Waals surface area contributed by atoms with E-state index in [1.54, 1.807) is 50.4 Å². The third-order valence-electron chi connectivity index (χ3n) is 5.15. The molecule has 0 aromatic heterocycles. The van der Waals surface area contributed by atoms with Crippen LogP contribution in [0.25, 0.3) is 0 Å². The molecule has 31 heavy (non-hydrogen) atoms. The Labute approximate surface area is 191 Å². The third-order valence-corrected chi connectivity index (χ3v) is 5.82. The number of benzene rings is 2. The molecule has 2 amide bonds. The number of thiocarbonyl (C=S) groups is 1. The van der Waals surface area contributed by atoms with E-state index in [1.807, 2.05) is 18.2 Å². The Morgan fingerprint density at radius 1 is 1.13 bits per heavy atom. The van der Waals surface area contributed by atoms with Gasteiger partial charge in [-0.25, -0.2) is 0 Å². The lowest BCUT2D eigenvalue weighted by molar-refractivity contribution is -0.126. The average Bonchev–Trinajstić information content (AvgIpc) is 3.01. The summed E-state index contributed by atoms with van der Waals surface area (Å²) in [6.45, 7) is 0.464. The predicted molar refractivity (Wildman–Crippen MR) is 124 cm³/mol. The van der Waals surface area contributed by atoms with Gasteiger partial charge in [-0.05, 0) is 60.6 Å². The second kappa shape index (κ2) is 9.98. The summed E-state index contributed by atoms with van der Waals surface area (Å²) in [5, 5.41) is 3.51. The molecule has 2 aromatic carbocycles. The van der Waals surface area contributed by atoms with Crippen molar-refractivity contribution in [3.63, 3.8) is 0 Å². The molecule has 0 bridgehead atoms. The predicted octanol–water partition coefficient (Wildman–Crippen LogP) is 3.04. The summed E-state index contributed by atoms with van der Waals surface area (Å²) in [4.78, 5) is 28.6. The van der Waals surface area contributed by atoms with E-state index in [-0.39, 0.29) is 18.2 Å². The lowest BCUT2D eigenvalue weighted by atomic mass is 10.1. The van der Waals surface area contributed by atoms with Gasteiger partial charge >= 0.3 is 0 Å². The quantitative estimate of drug-likeness (QED) is 0.609. The molecule has 0 saturated carbocycles. The number of ether oxygens (including phenoxy) is 2. The van der Waals surface area contributed by atoms with Crippen LogP contribution >= 0.6 is 23.8 Å². The molecule has 1 fully saturated rings. The summed E-state index contributed by atoms with van der Waals surface area (Å²) >= 11 is 11.6. The maximum absolute atomic E-state index is 13.2. The van der Waals surface area contributed by atoms with Crippen LogP contribution in [0.2, 0.25) is 5.02 Å². The first-order valence-electron chi connectivity index (χ1n) is 9.71. The number of nitrogens with zero attached hydrogens (tertiary/aromatic N) is 2. The van der Waals surface area contributed by atoms with Gasteiger partial charge in [0.25, 0.3) is 5.91 Å². The molecule has 7 nitrogen and oxygen atoms in total. The van der Waals surface area contributed by atoms with E-state index < -0.39 is 6.04 Å². The number of amides is 2. The number of hydrogen-bond donors (Lipinski definition) is 1. The molecule has 0 aliphatic carbocycles. The molecule has 3 rings (SSSR count). The van der Waals surface area contributed by atoms with Gasteiger partial charge in [-0.3, -0.25) is 14.5 Å². The fourth-order valence-corrected chi connectivity index (χ4v) is 4.02. The lowest BCUT2D eigenvalue weighted by Gasteiger charge is -2.24. The van der Waals surface area contributed by atoms with Crippen molar-refractivity contribution in [3.8, 4) is 11.5 Å². The van der Waals surface area contributed by atoms with Crippen LogP contribution < -0.4 is 19.7 Å². The Hall–Kier alpha value is -2.84. The Kier molecular flexibility index (Phi) is 7.35. The first-order chi connectivity index (χ1) is 14.9. The van der Waals surface area contributed by atoms with Crippen LogP contribution in [0.15, 0.2) is 42.5 Å². The van der Waals surface area contributed by atoms with E-state index in [0.29, 0.717) is 40.3 Å². The number of hydrogen-bond acceptors (Lipinski definition) is 5. The molecule has 164 valence electrons. The van der Waals surface area contributed by atoms with Gasteiger partial charge in [-0.1, -0.05) is 17.7 Å². The van der Waals surface area contributed by atoms with E-state index in [1.165, 1.54) is 4.90 Å². The molecule has 1 atom stereocenters. The highest BCUT2D eigenvalue weighted by Gasteiger charge is 2.43. The second-order valence-electron chi connectivity index (χ2n) is 6.96. The van der Waals surface area contributed by atoms with Crippen molar-refractivity contribution in [1.82, 2.24) is 10.2 Å². The fourth-order valence-electron chi connectivity index (χ4n) is 3.48. The van der Waals surface area contributed by atoms with E-state index >= 15 is 0 Å². The van der Waals surface area contributed by atoms with Gasteiger partial charge in [-0.2, -0.15) is 0 Å². The van der Waals surface area contributed by atoms with Crippen molar-refractivity contribution >= 4 is 46.4 Å². The standard InChI is InChI=1S/C22H24ClN3O4S/c1-24-20(27)13-17-21(28)26(16-7-5-15(23)6-8-16)22(31)25(17)11-10-14-4-9-18(29-2)19(12-14)30-3/h4-9,12,17H,10-11,13H2,1-3H3,(H,24,27)/t17-/m0/s1. The fraction of sp³-hybridized carbons (Fsp3) is 0.318. The Bertz CT molecular complexity index is 983. The largest absolute Gasteiger partial charge is 0.493 e. The first-order valence-corrected chi connectivity index (χ1v) is 10.5. The zero-order chi connectivity index (χ0) is 22.5. The van der Waals surface area contributed by atoms with Crippen LogP contribution in [0.1, 0.15) is 12.0 Å². The Balaban J connectivity index is 1.85. The normalized spacial score (nSPS) is 15.9. The Morgan fingerprint density at radius 2 is 1.81 bits per heavy atom. The number of methoxy groups -OCH3 is 2. The number of halogens is 1. The second-order valence-corrected chi connectivity index (χ2v) is 7.76. The maximum atomic E-state index is 13.2. The van der Waals surface area contributed by atoms with Crippen molar-refractivity contribution in [2.45, 2.75) is 18.9 Å². The first kappa shape index (κ1) is 22.8. The summed E-state index contributed by atoms with van der Waals surface area (Å²) < 4.78 is 10.7. The number of rotatable bonds is 8. The third kappa shape index (κ3) is 4.91. The summed E-state index contributed by atoms with van der Waals surface area (Å²) in [5.74, 6) is 0.813. The van der Waals surface area contributed by atoms with Gasteiger partial charge in [0.05, 0.1) is 26.3 Å². The van der Waals surface area contributed by atoms with E-state index in [9.17, 15) is 9.59 Å². The van der Waals surface area contributed by atoms with Gasteiger partial charge in [0, 0.05) is 18.6 Å².